The smallest absolute Gasteiger partial charge is 0.251 e. The van der Waals surface area contributed by atoms with Crippen LogP contribution in [0.2, 0.25) is 0 Å². The Kier molecular flexibility index (Phi) is 6.95. The summed E-state index contributed by atoms with van der Waals surface area (Å²) in [7, 11) is 0. The Balaban J connectivity index is 1.20. The Morgan fingerprint density at radius 2 is 1.95 bits per heavy atom. The Labute approximate surface area is 231 Å². The summed E-state index contributed by atoms with van der Waals surface area (Å²) in [4.78, 5) is 30.0. The number of carbonyl (C=O) groups excluding carboxylic acids is 1. The Morgan fingerprint density at radius 3 is 2.77 bits per heavy atom. The van der Waals surface area contributed by atoms with Gasteiger partial charge in [-0.05, 0) is 73.5 Å². The number of hydrogen-bond donors (Lipinski definition) is 2. The van der Waals surface area contributed by atoms with E-state index in [9.17, 15) is 9.18 Å². The Bertz CT molecular complexity index is 1560. The van der Waals surface area contributed by atoms with Crippen LogP contribution >= 0.6 is 11.8 Å². The van der Waals surface area contributed by atoms with Crippen molar-refractivity contribution in [2.24, 2.45) is 0 Å². The molecule has 6 rings (SSSR count). The second-order valence-corrected chi connectivity index (χ2v) is 11.6. The molecule has 1 aromatic carbocycles. The lowest BCUT2D eigenvalue weighted by atomic mass is 10.1. The quantitative estimate of drug-likeness (QED) is 0.314. The molecule has 0 unspecified atom stereocenters. The number of aryl methyl sites for hydroxylation is 1. The first-order valence-electron chi connectivity index (χ1n) is 13.4. The number of hydrogen-bond acceptors (Lipinski definition) is 7. The molecule has 200 valence electrons. The van der Waals surface area contributed by atoms with E-state index in [1.54, 1.807) is 24.0 Å². The number of fused-ring (bicyclic) bond motifs is 1. The molecule has 1 amide bonds. The van der Waals surface area contributed by atoms with Crippen LogP contribution in [-0.4, -0.2) is 51.8 Å². The highest BCUT2D eigenvalue weighted by atomic mass is 32.2. The number of benzene rings is 1. The van der Waals surface area contributed by atoms with Crippen LogP contribution < -0.4 is 15.5 Å². The normalized spacial score (nSPS) is 16.0. The second kappa shape index (κ2) is 10.5. The number of rotatable bonds is 7. The molecule has 0 bridgehead atoms. The van der Waals surface area contributed by atoms with Crippen molar-refractivity contribution >= 4 is 34.4 Å². The number of piperazine rings is 1. The van der Waals surface area contributed by atoms with E-state index in [-0.39, 0.29) is 23.8 Å². The van der Waals surface area contributed by atoms with Crippen LogP contribution in [0.25, 0.3) is 22.3 Å². The molecular formula is C30H31FN6OS. The molecular weight excluding hydrogens is 511 g/mol. The van der Waals surface area contributed by atoms with Gasteiger partial charge < -0.3 is 15.5 Å². The summed E-state index contributed by atoms with van der Waals surface area (Å²) < 4.78 is 14.8. The second-order valence-electron chi connectivity index (χ2n) is 10.3. The zero-order chi connectivity index (χ0) is 27.0. The zero-order valence-corrected chi connectivity index (χ0v) is 22.9. The van der Waals surface area contributed by atoms with Gasteiger partial charge in [-0.1, -0.05) is 13.0 Å². The molecule has 1 saturated heterocycles. The fourth-order valence-electron chi connectivity index (χ4n) is 5.04. The van der Waals surface area contributed by atoms with E-state index in [1.807, 2.05) is 41.3 Å². The molecule has 2 fully saturated rings. The third-order valence-corrected chi connectivity index (χ3v) is 8.47. The number of thioether (sulfide) groups is 1. The van der Waals surface area contributed by atoms with Crippen molar-refractivity contribution in [3.05, 3.63) is 77.4 Å². The largest absolute Gasteiger partial charge is 0.351 e. The fraction of sp³-hybridized carbons (Fsp3) is 0.333. The first kappa shape index (κ1) is 25.7. The summed E-state index contributed by atoms with van der Waals surface area (Å²) in [6.45, 7) is 6.76. The molecule has 1 saturated carbocycles. The van der Waals surface area contributed by atoms with Gasteiger partial charge in [-0.3, -0.25) is 9.78 Å². The minimum atomic E-state index is -0.312. The standard InChI is InChI=1S/C30H31FN6OS/c1-3-39-27-14-20(5-4-19(27)2)29(38)33-17-22-15-26-21(16-32-22)6-8-24(35-26)25-9-7-23(31)28(36-25)37-13-12-34-30(18-37)10-11-30/h4-9,14-16,34H,3,10-13,17-18H2,1-2H3,(H,33,38). The van der Waals surface area contributed by atoms with Gasteiger partial charge in [0.25, 0.3) is 5.91 Å². The predicted octanol–water partition coefficient (Wildman–Crippen LogP) is 5.12. The molecule has 4 aromatic rings. The topological polar surface area (TPSA) is 83.0 Å². The number of pyridine rings is 3. The molecule has 2 N–H and O–H groups in total. The monoisotopic (exact) mass is 542 g/mol. The van der Waals surface area contributed by atoms with E-state index < -0.39 is 0 Å². The number of halogens is 1. The number of carbonyl (C=O) groups is 1. The van der Waals surface area contributed by atoms with E-state index in [4.69, 9.17) is 9.97 Å². The SMILES string of the molecule is CCSc1cc(C(=O)NCc2cc3nc(-c4ccc(F)c(N5CCNC6(CC6)C5)n4)ccc3cn2)ccc1C. The number of nitrogens with one attached hydrogen (secondary N) is 2. The molecule has 3 aromatic heterocycles. The van der Waals surface area contributed by atoms with Gasteiger partial charge >= 0.3 is 0 Å². The average Bonchev–Trinajstić information content (AvgIpc) is 3.70. The van der Waals surface area contributed by atoms with Gasteiger partial charge in [-0.2, -0.15) is 0 Å². The molecule has 1 spiro atoms. The zero-order valence-electron chi connectivity index (χ0n) is 22.1. The van der Waals surface area contributed by atoms with Gasteiger partial charge in [0.15, 0.2) is 11.6 Å². The summed E-state index contributed by atoms with van der Waals surface area (Å²) in [5.41, 5.74) is 4.67. The minimum Gasteiger partial charge on any atom is -0.351 e. The third-order valence-electron chi connectivity index (χ3n) is 7.43. The van der Waals surface area contributed by atoms with Crippen molar-refractivity contribution < 1.29 is 9.18 Å². The van der Waals surface area contributed by atoms with E-state index in [2.05, 4.69) is 29.5 Å². The molecule has 4 heterocycles. The summed E-state index contributed by atoms with van der Waals surface area (Å²) in [6, 6.07) is 14.6. The lowest BCUT2D eigenvalue weighted by Crippen LogP contribution is -2.53. The van der Waals surface area contributed by atoms with Gasteiger partial charge in [0, 0.05) is 47.2 Å². The van der Waals surface area contributed by atoms with Crippen LogP contribution in [0.4, 0.5) is 10.2 Å². The highest BCUT2D eigenvalue weighted by Gasteiger charge is 2.46. The van der Waals surface area contributed by atoms with E-state index in [0.717, 1.165) is 54.0 Å². The number of anilines is 1. The number of nitrogens with zero attached hydrogens (tertiary/aromatic N) is 4. The molecule has 1 aliphatic heterocycles. The first-order chi connectivity index (χ1) is 18.9. The van der Waals surface area contributed by atoms with Crippen LogP contribution in [0.1, 0.15) is 41.4 Å². The van der Waals surface area contributed by atoms with Gasteiger partial charge in [0.05, 0.1) is 29.1 Å². The van der Waals surface area contributed by atoms with Crippen molar-refractivity contribution in [3.8, 4) is 11.4 Å². The molecule has 7 nitrogen and oxygen atoms in total. The average molecular weight is 543 g/mol. The van der Waals surface area contributed by atoms with Gasteiger partial charge in [-0.25, -0.2) is 14.4 Å². The van der Waals surface area contributed by atoms with Gasteiger partial charge in [0.2, 0.25) is 0 Å². The Morgan fingerprint density at radius 1 is 1.13 bits per heavy atom. The van der Waals surface area contributed by atoms with Crippen LogP contribution in [0.5, 0.6) is 0 Å². The number of amides is 1. The van der Waals surface area contributed by atoms with E-state index >= 15 is 0 Å². The fourth-order valence-corrected chi connectivity index (χ4v) is 5.86. The summed E-state index contributed by atoms with van der Waals surface area (Å²) in [5, 5.41) is 7.42. The first-order valence-corrected chi connectivity index (χ1v) is 14.4. The lowest BCUT2D eigenvalue weighted by Gasteiger charge is -2.35. The highest BCUT2D eigenvalue weighted by molar-refractivity contribution is 7.99. The van der Waals surface area contributed by atoms with Gasteiger partial charge in [0.1, 0.15) is 0 Å². The van der Waals surface area contributed by atoms with E-state index in [0.29, 0.717) is 28.5 Å². The maximum Gasteiger partial charge on any atom is 0.251 e. The third kappa shape index (κ3) is 5.46. The molecule has 0 atom stereocenters. The summed E-state index contributed by atoms with van der Waals surface area (Å²) in [6.07, 6.45) is 4.00. The lowest BCUT2D eigenvalue weighted by molar-refractivity contribution is 0.0950. The molecule has 1 aliphatic carbocycles. The van der Waals surface area contributed by atoms with Crippen molar-refractivity contribution in [1.29, 1.82) is 0 Å². The van der Waals surface area contributed by atoms with Crippen LogP contribution in [0, 0.1) is 12.7 Å². The molecule has 9 heteroatoms. The highest BCUT2D eigenvalue weighted by Crippen LogP contribution is 2.39. The van der Waals surface area contributed by atoms with Crippen molar-refractivity contribution in [2.75, 3.05) is 30.3 Å². The summed E-state index contributed by atoms with van der Waals surface area (Å²) >= 11 is 1.73. The maximum atomic E-state index is 14.8. The van der Waals surface area contributed by atoms with Crippen LogP contribution in [0.15, 0.2) is 59.6 Å². The molecule has 0 radical (unpaired) electrons. The Hall–Kier alpha value is -3.56. The van der Waals surface area contributed by atoms with Crippen LogP contribution in [0.3, 0.4) is 0 Å². The number of aromatic nitrogens is 3. The summed E-state index contributed by atoms with van der Waals surface area (Å²) in [5.74, 6) is 0.887. The minimum absolute atomic E-state index is 0.124. The molecule has 2 aliphatic rings. The predicted molar refractivity (Wildman–Crippen MR) is 154 cm³/mol. The van der Waals surface area contributed by atoms with E-state index in [1.165, 1.54) is 11.6 Å². The molecule has 39 heavy (non-hydrogen) atoms. The van der Waals surface area contributed by atoms with Crippen LogP contribution in [-0.2, 0) is 6.54 Å². The van der Waals surface area contributed by atoms with Crippen molar-refractivity contribution in [1.82, 2.24) is 25.6 Å². The van der Waals surface area contributed by atoms with Gasteiger partial charge in [-0.15, -0.1) is 11.8 Å². The van der Waals surface area contributed by atoms with Crippen molar-refractivity contribution in [2.45, 2.75) is 43.7 Å². The van der Waals surface area contributed by atoms with Crippen molar-refractivity contribution in [3.63, 3.8) is 0 Å². The maximum absolute atomic E-state index is 14.8.